The number of Topliss-reactive ketones (excluding diaryl/α,β-unsaturated/α-hetero) is 1. The molecule has 45 heavy (non-hydrogen) atoms. The second-order valence-corrected chi connectivity index (χ2v) is 12.3. The third-order valence-corrected chi connectivity index (χ3v) is 7.94. The Morgan fingerprint density at radius 3 is 1.78 bits per heavy atom. The first-order valence-corrected chi connectivity index (χ1v) is 15.3. The first-order valence-electron chi connectivity index (χ1n) is 14.5. The highest BCUT2D eigenvalue weighted by Gasteiger charge is 2.39. The van der Waals surface area contributed by atoms with Gasteiger partial charge in [0, 0.05) is 45.8 Å². The maximum atomic E-state index is 12.5. The number of aromatic nitrogens is 4. The van der Waals surface area contributed by atoms with Crippen molar-refractivity contribution < 1.29 is 9.53 Å². The molecule has 1 unspecified atom stereocenters. The van der Waals surface area contributed by atoms with E-state index in [1.165, 1.54) is 0 Å². The van der Waals surface area contributed by atoms with Crippen molar-refractivity contribution >= 4 is 29.0 Å². The molecule has 6 aromatic rings. The van der Waals surface area contributed by atoms with Crippen LogP contribution in [0.4, 0.5) is 0 Å². The van der Waals surface area contributed by atoms with E-state index in [2.05, 4.69) is 69.1 Å². The number of carbonyl (C=O) groups excluding carboxylic acids is 1. The molecule has 0 radical (unpaired) electrons. The highest BCUT2D eigenvalue weighted by molar-refractivity contribution is 6.31. The van der Waals surface area contributed by atoms with Gasteiger partial charge >= 0.3 is 0 Å². The predicted octanol–water partition coefficient (Wildman–Crippen LogP) is 9.11. The molecule has 6 nitrogen and oxygen atoms in total. The zero-order valence-corrected chi connectivity index (χ0v) is 26.8. The Bertz CT molecular complexity index is 1740. The minimum atomic E-state index is -0.737. The topological polar surface area (TPSA) is 61.9 Å². The van der Waals surface area contributed by atoms with Crippen LogP contribution in [0.3, 0.4) is 0 Å². The lowest BCUT2D eigenvalue weighted by Gasteiger charge is -2.37. The van der Waals surface area contributed by atoms with Crippen LogP contribution >= 0.6 is 23.2 Å². The lowest BCUT2D eigenvalue weighted by molar-refractivity contribution is -0.137. The lowest BCUT2D eigenvalue weighted by atomic mass is 9.76. The highest BCUT2D eigenvalue weighted by Crippen LogP contribution is 2.43. The van der Waals surface area contributed by atoms with E-state index in [1.54, 1.807) is 53.8 Å². The molecule has 0 spiro atoms. The van der Waals surface area contributed by atoms with Crippen LogP contribution in [0.25, 0.3) is 0 Å². The van der Waals surface area contributed by atoms with Gasteiger partial charge in [0.25, 0.3) is 0 Å². The molecule has 0 bridgehead atoms. The van der Waals surface area contributed by atoms with Gasteiger partial charge in [-0.25, -0.2) is 9.97 Å². The molecule has 0 saturated carbocycles. The number of rotatable bonds is 8. The maximum absolute atomic E-state index is 12.5. The summed E-state index contributed by atoms with van der Waals surface area (Å²) in [6.07, 6.45) is 9.81. The van der Waals surface area contributed by atoms with Crippen molar-refractivity contribution in [1.82, 2.24) is 19.1 Å². The van der Waals surface area contributed by atoms with Crippen LogP contribution in [0.15, 0.2) is 147 Å². The summed E-state index contributed by atoms with van der Waals surface area (Å²) in [5, 5.41) is 1.35. The molecule has 0 fully saturated rings. The Balaban J connectivity index is 0.000000183. The summed E-state index contributed by atoms with van der Waals surface area (Å²) in [6, 6.07) is 35.8. The Labute approximate surface area is 273 Å². The van der Waals surface area contributed by atoms with Crippen molar-refractivity contribution in [2.45, 2.75) is 32.5 Å². The molecule has 2 aromatic heterocycles. The van der Waals surface area contributed by atoms with Crippen molar-refractivity contribution in [3.8, 4) is 5.75 Å². The van der Waals surface area contributed by atoms with E-state index in [4.69, 9.17) is 27.9 Å². The number of ether oxygens (including phenoxy) is 1. The van der Waals surface area contributed by atoms with Gasteiger partial charge in [-0.15, -0.1) is 0 Å². The third-order valence-electron chi connectivity index (χ3n) is 7.36. The van der Waals surface area contributed by atoms with Crippen molar-refractivity contribution in [2.75, 3.05) is 0 Å². The molecule has 6 rings (SSSR count). The smallest absolute Gasteiger partial charge is 0.236 e. The van der Waals surface area contributed by atoms with Crippen molar-refractivity contribution in [2.24, 2.45) is 5.41 Å². The second-order valence-electron chi connectivity index (χ2n) is 11.4. The van der Waals surface area contributed by atoms with E-state index < -0.39 is 17.2 Å². The molecule has 0 aliphatic rings. The number of hydrogen-bond donors (Lipinski definition) is 0. The molecule has 0 amide bonds. The van der Waals surface area contributed by atoms with Gasteiger partial charge in [-0.2, -0.15) is 0 Å². The van der Waals surface area contributed by atoms with Crippen LogP contribution in [0, 0.1) is 5.41 Å². The summed E-state index contributed by atoms with van der Waals surface area (Å²) in [5.74, 6) is 0.566. The number of imidazole rings is 2. The number of nitrogens with zero attached hydrogens (tertiary/aromatic N) is 4. The van der Waals surface area contributed by atoms with Gasteiger partial charge in [0.15, 0.2) is 5.78 Å². The average molecular weight is 638 g/mol. The first kappa shape index (κ1) is 31.8. The Hall–Kier alpha value is -4.65. The summed E-state index contributed by atoms with van der Waals surface area (Å²) in [6.45, 7) is 5.60. The average Bonchev–Trinajstić information content (AvgIpc) is 3.79. The van der Waals surface area contributed by atoms with Gasteiger partial charge in [0.05, 0.1) is 12.7 Å². The molecule has 228 valence electrons. The van der Waals surface area contributed by atoms with Gasteiger partial charge in [-0.05, 0) is 41.5 Å². The van der Waals surface area contributed by atoms with Gasteiger partial charge in [-0.1, -0.05) is 123 Å². The van der Waals surface area contributed by atoms with Crippen LogP contribution in [0.5, 0.6) is 5.75 Å². The van der Waals surface area contributed by atoms with Crippen LogP contribution in [-0.4, -0.2) is 24.9 Å². The van der Waals surface area contributed by atoms with Crippen LogP contribution in [-0.2, 0) is 10.3 Å². The van der Waals surface area contributed by atoms with E-state index in [9.17, 15) is 4.79 Å². The summed E-state index contributed by atoms with van der Waals surface area (Å²) >= 11 is 12.5. The zero-order valence-electron chi connectivity index (χ0n) is 25.3. The minimum Gasteiger partial charge on any atom is -0.463 e. The maximum Gasteiger partial charge on any atom is 0.236 e. The zero-order chi connectivity index (χ0) is 31.9. The molecule has 2 heterocycles. The van der Waals surface area contributed by atoms with Gasteiger partial charge < -0.3 is 9.30 Å². The first-order chi connectivity index (χ1) is 21.7. The highest BCUT2D eigenvalue weighted by atomic mass is 35.5. The van der Waals surface area contributed by atoms with Gasteiger partial charge in [-0.3, -0.25) is 9.36 Å². The molecular formula is C37H34Cl2N4O2. The standard InChI is InChI=1S/C22H17ClN2.C15H17ClN2O2/c23-21-14-8-7-13-20(21)22(25-16-15-24-17-25,18-9-3-1-4-10-18)19-11-5-2-6-12-19;1-15(2,3)13(19)14(18-9-8-17-10-18)20-12-6-4-11(16)5-7-12/h1-17H;4-10,14H,1-3H3. The quantitative estimate of drug-likeness (QED) is 0.156. The number of carbonyl (C=O) groups is 1. The number of ketones is 1. The largest absolute Gasteiger partial charge is 0.463 e. The monoisotopic (exact) mass is 636 g/mol. The Kier molecular flexibility index (Phi) is 9.87. The molecule has 0 aliphatic heterocycles. The predicted molar refractivity (Wildman–Crippen MR) is 180 cm³/mol. The fourth-order valence-corrected chi connectivity index (χ4v) is 5.55. The SMILES string of the molecule is CC(C)(C)C(=O)C(Oc1ccc(Cl)cc1)n1ccnc1.Clc1ccccc1C(c1ccccc1)(c1ccccc1)n1ccnc1. The Morgan fingerprint density at radius 2 is 1.27 bits per heavy atom. The van der Waals surface area contributed by atoms with Crippen molar-refractivity contribution in [3.63, 3.8) is 0 Å². The lowest BCUT2D eigenvalue weighted by Crippen LogP contribution is -2.37. The second kappa shape index (κ2) is 14.0. The molecule has 0 aliphatic carbocycles. The summed E-state index contributed by atoms with van der Waals surface area (Å²) < 4.78 is 9.60. The van der Waals surface area contributed by atoms with Crippen molar-refractivity contribution in [3.05, 3.63) is 173 Å². The molecule has 0 saturated heterocycles. The molecule has 8 heteroatoms. The van der Waals surface area contributed by atoms with E-state index in [-0.39, 0.29) is 5.78 Å². The van der Waals surface area contributed by atoms with Crippen molar-refractivity contribution in [1.29, 1.82) is 0 Å². The fourth-order valence-electron chi connectivity index (χ4n) is 5.16. The Morgan fingerprint density at radius 1 is 0.711 bits per heavy atom. The summed E-state index contributed by atoms with van der Waals surface area (Å²) in [4.78, 5) is 20.8. The van der Waals surface area contributed by atoms with Crippen LogP contribution in [0.2, 0.25) is 10.0 Å². The number of benzene rings is 4. The molecule has 0 N–H and O–H groups in total. The van der Waals surface area contributed by atoms with E-state index in [0.717, 1.165) is 21.7 Å². The van der Waals surface area contributed by atoms with Gasteiger partial charge in [0.2, 0.25) is 6.23 Å². The number of halogens is 2. The van der Waals surface area contributed by atoms with Crippen LogP contribution < -0.4 is 4.74 Å². The van der Waals surface area contributed by atoms with E-state index in [0.29, 0.717) is 10.8 Å². The van der Waals surface area contributed by atoms with Gasteiger partial charge in [0.1, 0.15) is 11.3 Å². The van der Waals surface area contributed by atoms with Crippen LogP contribution in [0.1, 0.15) is 43.7 Å². The van der Waals surface area contributed by atoms with E-state index in [1.807, 2.05) is 63.6 Å². The molecule has 1 atom stereocenters. The molecular weight excluding hydrogens is 603 g/mol. The molecule has 4 aromatic carbocycles. The number of hydrogen-bond acceptors (Lipinski definition) is 4. The summed E-state index contributed by atoms with van der Waals surface area (Å²) in [7, 11) is 0. The fraction of sp³-hybridized carbons (Fsp3) is 0.162. The minimum absolute atomic E-state index is 0.0227. The summed E-state index contributed by atoms with van der Waals surface area (Å²) in [5.41, 5.74) is 2.19. The third kappa shape index (κ3) is 7.03. The van der Waals surface area contributed by atoms with E-state index >= 15 is 0 Å². The normalized spacial score (nSPS) is 12.1.